The molecule has 1 amide bonds. The second kappa shape index (κ2) is 8.70. The van der Waals surface area contributed by atoms with E-state index in [2.05, 4.69) is 5.32 Å². The van der Waals surface area contributed by atoms with Crippen molar-refractivity contribution in [3.05, 3.63) is 57.2 Å². The van der Waals surface area contributed by atoms with Crippen molar-refractivity contribution < 1.29 is 14.3 Å². The second-order valence-corrected chi connectivity index (χ2v) is 6.46. The molecule has 0 bridgehead atoms. The number of carbonyl (C=O) groups excluding carboxylic acids is 2. The molecule has 2 aromatic rings. The van der Waals surface area contributed by atoms with Gasteiger partial charge in [0.15, 0.2) is 0 Å². The monoisotopic (exact) mass is 351 g/mol. The van der Waals surface area contributed by atoms with Crippen LogP contribution >= 0.6 is 22.9 Å². The lowest BCUT2D eigenvalue weighted by Crippen LogP contribution is -2.30. The Labute approximate surface area is 144 Å². The third-order valence-corrected chi connectivity index (χ3v) is 4.57. The molecule has 1 aromatic heterocycles. The molecule has 122 valence electrons. The molecular weight excluding hydrogens is 334 g/mol. The fourth-order valence-electron chi connectivity index (χ4n) is 2.18. The highest BCUT2D eigenvalue weighted by atomic mass is 35.5. The number of methoxy groups -OCH3 is 1. The van der Waals surface area contributed by atoms with Gasteiger partial charge in [0.05, 0.1) is 19.6 Å². The van der Waals surface area contributed by atoms with E-state index in [-0.39, 0.29) is 24.3 Å². The SMILES string of the molecule is COC(=O)CC(NC(=O)CCc1cccc(Cl)c1)c1cccs1. The summed E-state index contributed by atoms with van der Waals surface area (Å²) < 4.78 is 4.70. The lowest BCUT2D eigenvalue weighted by Gasteiger charge is -2.16. The number of aryl methyl sites for hydroxylation is 1. The zero-order valence-electron chi connectivity index (χ0n) is 12.8. The maximum Gasteiger partial charge on any atom is 0.307 e. The number of carbonyl (C=O) groups is 2. The van der Waals surface area contributed by atoms with E-state index in [9.17, 15) is 9.59 Å². The van der Waals surface area contributed by atoms with Crippen molar-refractivity contribution in [3.8, 4) is 0 Å². The van der Waals surface area contributed by atoms with Gasteiger partial charge >= 0.3 is 5.97 Å². The van der Waals surface area contributed by atoms with Gasteiger partial charge in [0.1, 0.15) is 0 Å². The summed E-state index contributed by atoms with van der Waals surface area (Å²) in [5.41, 5.74) is 1.01. The minimum absolute atomic E-state index is 0.104. The maximum absolute atomic E-state index is 12.2. The second-order valence-electron chi connectivity index (χ2n) is 5.05. The Morgan fingerprint density at radius 3 is 2.78 bits per heavy atom. The normalized spacial score (nSPS) is 11.7. The molecule has 0 saturated carbocycles. The Morgan fingerprint density at radius 2 is 2.13 bits per heavy atom. The van der Waals surface area contributed by atoms with Gasteiger partial charge in [-0.3, -0.25) is 9.59 Å². The summed E-state index contributed by atoms with van der Waals surface area (Å²) in [6.45, 7) is 0. The van der Waals surface area contributed by atoms with E-state index >= 15 is 0 Å². The first-order valence-electron chi connectivity index (χ1n) is 7.22. The van der Waals surface area contributed by atoms with Crippen molar-refractivity contribution in [1.29, 1.82) is 0 Å². The van der Waals surface area contributed by atoms with Crippen LogP contribution in [0.5, 0.6) is 0 Å². The zero-order chi connectivity index (χ0) is 16.7. The fourth-order valence-corrected chi connectivity index (χ4v) is 3.17. The highest BCUT2D eigenvalue weighted by Crippen LogP contribution is 2.22. The molecule has 1 atom stereocenters. The molecule has 1 unspecified atom stereocenters. The topological polar surface area (TPSA) is 55.4 Å². The number of amides is 1. The first kappa shape index (κ1) is 17.5. The lowest BCUT2D eigenvalue weighted by molar-refractivity contribution is -0.141. The smallest absolute Gasteiger partial charge is 0.307 e. The summed E-state index contributed by atoms with van der Waals surface area (Å²) in [4.78, 5) is 24.7. The number of benzene rings is 1. The molecule has 1 N–H and O–H groups in total. The Balaban J connectivity index is 1.93. The Morgan fingerprint density at radius 1 is 1.30 bits per heavy atom. The Bertz CT molecular complexity index is 658. The molecule has 4 nitrogen and oxygen atoms in total. The van der Waals surface area contributed by atoms with Gasteiger partial charge in [0, 0.05) is 16.3 Å². The Kier molecular flexibility index (Phi) is 6.62. The van der Waals surface area contributed by atoms with Crippen LogP contribution in [-0.4, -0.2) is 19.0 Å². The largest absolute Gasteiger partial charge is 0.469 e. The van der Waals surface area contributed by atoms with Gasteiger partial charge in [-0.2, -0.15) is 0 Å². The zero-order valence-corrected chi connectivity index (χ0v) is 14.3. The highest BCUT2D eigenvalue weighted by Gasteiger charge is 2.19. The average Bonchev–Trinajstić information content (AvgIpc) is 3.06. The van der Waals surface area contributed by atoms with Gasteiger partial charge in [0.25, 0.3) is 0 Å². The van der Waals surface area contributed by atoms with E-state index in [1.54, 1.807) is 6.07 Å². The number of nitrogens with one attached hydrogen (secondary N) is 1. The fraction of sp³-hybridized carbons (Fsp3) is 0.294. The van der Waals surface area contributed by atoms with Crippen molar-refractivity contribution in [2.24, 2.45) is 0 Å². The number of esters is 1. The number of ether oxygens (including phenoxy) is 1. The van der Waals surface area contributed by atoms with Gasteiger partial charge in [-0.05, 0) is 35.6 Å². The van der Waals surface area contributed by atoms with E-state index < -0.39 is 0 Å². The maximum atomic E-state index is 12.2. The van der Waals surface area contributed by atoms with Gasteiger partial charge in [-0.15, -0.1) is 11.3 Å². The summed E-state index contributed by atoms with van der Waals surface area (Å²) in [5, 5.41) is 5.48. The number of rotatable bonds is 7. The van der Waals surface area contributed by atoms with Crippen LogP contribution in [0.1, 0.15) is 29.3 Å². The molecule has 1 aromatic carbocycles. The third-order valence-electron chi connectivity index (χ3n) is 3.35. The molecule has 0 aliphatic carbocycles. The average molecular weight is 352 g/mol. The standard InChI is InChI=1S/C17H18ClNO3S/c1-22-17(21)11-14(15-6-3-9-23-15)19-16(20)8-7-12-4-2-5-13(18)10-12/h2-6,9-10,14H,7-8,11H2,1H3,(H,19,20). The molecule has 0 radical (unpaired) electrons. The number of hydrogen-bond donors (Lipinski definition) is 1. The van der Waals surface area contributed by atoms with Crippen LogP contribution in [0, 0.1) is 0 Å². The van der Waals surface area contributed by atoms with Gasteiger partial charge in [0.2, 0.25) is 5.91 Å². The van der Waals surface area contributed by atoms with Crippen molar-refractivity contribution in [3.63, 3.8) is 0 Å². The van der Waals surface area contributed by atoms with E-state index in [0.717, 1.165) is 10.4 Å². The predicted molar refractivity (Wildman–Crippen MR) is 91.6 cm³/mol. The van der Waals surface area contributed by atoms with Crippen LogP contribution in [0.3, 0.4) is 0 Å². The summed E-state index contributed by atoms with van der Waals surface area (Å²) in [6, 6.07) is 10.9. The van der Waals surface area contributed by atoms with E-state index in [1.165, 1.54) is 18.4 Å². The molecule has 0 aliphatic heterocycles. The molecule has 1 heterocycles. The van der Waals surface area contributed by atoms with Crippen LogP contribution in [-0.2, 0) is 20.7 Å². The quantitative estimate of drug-likeness (QED) is 0.773. The first-order chi connectivity index (χ1) is 11.1. The summed E-state index contributed by atoms with van der Waals surface area (Å²) in [7, 11) is 1.34. The molecule has 6 heteroatoms. The summed E-state index contributed by atoms with van der Waals surface area (Å²) >= 11 is 7.44. The van der Waals surface area contributed by atoms with Crippen molar-refractivity contribution in [2.45, 2.75) is 25.3 Å². The highest BCUT2D eigenvalue weighted by molar-refractivity contribution is 7.10. The first-order valence-corrected chi connectivity index (χ1v) is 8.48. The van der Waals surface area contributed by atoms with Gasteiger partial charge in [-0.1, -0.05) is 29.8 Å². The van der Waals surface area contributed by atoms with Gasteiger partial charge < -0.3 is 10.1 Å². The molecule has 0 spiro atoms. The van der Waals surface area contributed by atoms with Gasteiger partial charge in [-0.25, -0.2) is 0 Å². The van der Waals surface area contributed by atoms with Crippen LogP contribution in [0.2, 0.25) is 5.02 Å². The summed E-state index contributed by atoms with van der Waals surface area (Å²) in [6.07, 6.45) is 1.06. The minimum Gasteiger partial charge on any atom is -0.469 e. The van der Waals surface area contributed by atoms with E-state index in [0.29, 0.717) is 17.9 Å². The number of hydrogen-bond acceptors (Lipinski definition) is 4. The molecular formula is C17H18ClNO3S. The summed E-state index contributed by atoms with van der Waals surface area (Å²) in [5.74, 6) is -0.453. The third kappa shape index (κ3) is 5.69. The lowest BCUT2D eigenvalue weighted by atomic mass is 10.1. The minimum atomic E-state index is -0.352. The Hall–Kier alpha value is -1.85. The van der Waals surface area contributed by atoms with Crippen LogP contribution < -0.4 is 5.32 Å². The van der Waals surface area contributed by atoms with Crippen molar-refractivity contribution in [2.75, 3.05) is 7.11 Å². The molecule has 0 aliphatic rings. The van der Waals surface area contributed by atoms with Crippen molar-refractivity contribution >= 4 is 34.8 Å². The van der Waals surface area contributed by atoms with E-state index in [4.69, 9.17) is 16.3 Å². The predicted octanol–water partition coefficient (Wildman–Crippen LogP) is 3.75. The van der Waals surface area contributed by atoms with Crippen LogP contribution in [0.4, 0.5) is 0 Å². The number of thiophene rings is 1. The molecule has 2 rings (SSSR count). The van der Waals surface area contributed by atoms with E-state index in [1.807, 2.05) is 35.7 Å². The molecule has 23 heavy (non-hydrogen) atoms. The number of halogens is 1. The molecule has 0 saturated heterocycles. The molecule has 0 fully saturated rings. The van der Waals surface area contributed by atoms with Crippen LogP contribution in [0.25, 0.3) is 0 Å². The van der Waals surface area contributed by atoms with Crippen LogP contribution in [0.15, 0.2) is 41.8 Å². The van der Waals surface area contributed by atoms with Crippen molar-refractivity contribution in [1.82, 2.24) is 5.32 Å².